The van der Waals surface area contributed by atoms with E-state index in [0.717, 1.165) is 0 Å². The minimum atomic E-state index is -0.387. The minimum absolute atomic E-state index is 0.278. The standard InChI is InChI=1S/C15H13Cl2F2N/c1-20-15(12-8-11(17)3-5-14(12)19)7-9-6-10(16)2-4-13(9)18/h2-6,8,15,20H,7H2,1H3. The zero-order valence-corrected chi connectivity index (χ0v) is 12.3. The Bertz CT molecular complexity index is 617. The molecule has 0 bridgehead atoms. The van der Waals surface area contributed by atoms with Crippen molar-refractivity contribution in [1.82, 2.24) is 5.32 Å². The van der Waals surface area contributed by atoms with Gasteiger partial charge in [0.2, 0.25) is 0 Å². The summed E-state index contributed by atoms with van der Waals surface area (Å²) in [5.74, 6) is -0.742. The fraction of sp³-hybridized carbons (Fsp3) is 0.200. The van der Waals surface area contributed by atoms with E-state index in [2.05, 4.69) is 5.32 Å². The maximum Gasteiger partial charge on any atom is 0.128 e. The topological polar surface area (TPSA) is 12.0 Å². The van der Waals surface area contributed by atoms with Crippen LogP contribution in [0.5, 0.6) is 0 Å². The van der Waals surface area contributed by atoms with Gasteiger partial charge in [-0.2, -0.15) is 0 Å². The second-order valence-electron chi connectivity index (χ2n) is 4.45. The van der Waals surface area contributed by atoms with Crippen LogP contribution >= 0.6 is 23.2 Å². The first-order valence-electron chi connectivity index (χ1n) is 6.07. The Morgan fingerprint density at radius 3 is 2.25 bits per heavy atom. The van der Waals surface area contributed by atoms with Crippen LogP contribution in [-0.2, 0) is 6.42 Å². The van der Waals surface area contributed by atoms with Gasteiger partial charge < -0.3 is 5.32 Å². The van der Waals surface area contributed by atoms with Gasteiger partial charge in [0, 0.05) is 21.7 Å². The molecule has 0 aliphatic heterocycles. The van der Waals surface area contributed by atoms with E-state index in [4.69, 9.17) is 23.2 Å². The smallest absolute Gasteiger partial charge is 0.128 e. The highest BCUT2D eigenvalue weighted by Crippen LogP contribution is 2.26. The van der Waals surface area contributed by atoms with Gasteiger partial charge in [-0.3, -0.25) is 0 Å². The molecule has 0 spiro atoms. The molecule has 2 aromatic carbocycles. The molecule has 2 rings (SSSR count). The summed E-state index contributed by atoms with van der Waals surface area (Å²) in [6.45, 7) is 0. The zero-order valence-electron chi connectivity index (χ0n) is 10.8. The van der Waals surface area contributed by atoms with Crippen molar-refractivity contribution in [2.75, 3.05) is 7.05 Å². The first kappa shape index (κ1) is 15.2. The summed E-state index contributed by atoms with van der Waals surface area (Å²) < 4.78 is 27.6. The van der Waals surface area contributed by atoms with Crippen LogP contribution in [0, 0.1) is 11.6 Å². The summed E-state index contributed by atoms with van der Waals surface area (Å²) >= 11 is 11.8. The third kappa shape index (κ3) is 3.48. The number of halogens is 4. The maximum absolute atomic E-state index is 13.9. The third-order valence-corrected chi connectivity index (χ3v) is 3.58. The van der Waals surface area contributed by atoms with Gasteiger partial charge >= 0.3 is 0 Å². The summed E-state index contributed by atoms with van der Waals surface area (Å²) in [4.78, 5) is 0. The van der Waals surface area contributed by atoms with Gasteiger partial charge in [-0.25, -0.2) is 8.78 Å². The van der Waals surface area contributed by atoms with Crippen LogP contribution in [0.25, 0.3) is 0 Å². The van der Waals surface area contributed by atoms with Gasteiger partial charge in [-0.1, -0.05) is 23.2 Å². The molecular formula is C15H13Cl2F2N. The van der Waals surface area contributed by atoms with Crippen LogP contribution in [0.2, 0.25) is 10.0 Å². The highest BCUT2D eigenvalue weighted by atomic mass is 35.5. The summed E-state index contributed by atoms with van der Waals surface area (Å²) in [5.41, 5.74) is 0.829. The first-order valence-corrected chi connectivity index (χ1v) is 6.83. The molecule has 5 heteroatoms. The summed E-state index contributed by atoms with van der Waals surface area (Å²) in [6, 6.07) is 8.27. The summed E-state index contributed by atoms with van der Waals surface area (Å²) in [7, 11) is 1.69. The van der Waals surface area contributed by atoms with Crippen molar-refractivity contribution in [2.24, 2.45) is 0 Å². The number of likely N-dealkylation sites (N-methyl/N-ethyl adjacent to an activating group) is 1. The van der Waals surface area contributed by atoms with Crippen LogP contribution in [0.1, 0.15) is 17.2 Å². The summed E-state index contributed by atoms with van der Waals surface area (Å²) in [5, 5.41) is 3.86. The maximum atomic E-state index is 13.9. The van der Waals surface area contributed by atoms with Crippen molar-refractivity contribution in [3.05, 3.63) is 69.2 Å². The molecule has 1 nitrogen and oxygen atoms in total. The van der Waals surface area contributed by atoms with Crippen molar-refractivity contribution >= 4 is 23.2 Å². The van der Waals surface area contributed by atoms with Crippen LogP contribution < -0.4 is 5.32 Å². The average Bonchev–Trinajstić information content (AvgIpc) is 2.42. The predicted molar refractivity (Wildman–Crippen MR) is 78.3 cm³/mol. The lowest BCUT2D eigenvalue weighted by Crippen LogP contribution is -2.20. The monoisotopic (exact) mass is 315 g/mol. The fourth-order valence-electron chi connectivity index (χ4n) is 2.07. The molecule has 106 valence electrons. The van der Waals surface area contributed by atoms with Gasteiger partial charge in [0.25, 0.3) is 0 Å². The first-order chi connectivity index (χ1) is 9.51. The lowest BCUT2D eigenvalue weighted by atomic mass is 9.98. The molecule has 1 unspecified atom stereocenters. The highest BCUT2D eigenvalue weighted by Gasteiger charge is 2.17. The third-order valence-electron chi connectivity index (χ3n) is 3.11. The average molecular weight is 316 g/mol. The molecule has 0 amide bonds. The normalized spacial score (nSPS) is 12.4. The van der Waals surface area contributed by atoms with E-state index in [-0.39, 0.29) is 24.1 Å². The Morgan fingerprint density at radius 1 is 1.00 bits per heavy atom. The van der Waals surface area contributed by atoms with E-state index in [9.17, 15) is 8.78 Å². The molecule has 0 heterocycles. The number of rotatable bonds is 4. The molecule has 0 radical (unpaired) electrons. The van der Waals surface area contributed by atoms with Gasteiger partial charge in [0.05, 0.1) is 0 Å². The number of hydrogen-bond acceptors (Lipinski definition) is 1. The van der Waals surface area contributed by atoms with Crippen LogP contribution in [-0.4, -0.2) is 7.05 Å². The van der Waals surface area contributed by atoms with Gasteiger partial charge in [0.1, 0.15) is 11.6 Å². The Kier molecular flexibility index (Phi) is 4.97. The van der Waals surface area contributed by atoms with E-state index in [1.54, 1.807) is 19.2 Å². The summed E-state index contributed by atoms with van der Waals surface area (Å²) in [6.07, 6.45) is 0.278. The van der Waals surface area contributed by atoms with E-state index in [0.29, 0.717) is 21.2 Å². The van der Waals surface area contributed by atoms with E-state index in [1.807, 2.05) is 0 Å². The SMILES string of the molecule is CNC(Cc1cc(Cl)ccc1F)c1cc(Cl)ccc1F. The molecular weight excluding hydrogens is 303 g/mol. The molecule has 0 fully saturated rings. The molecule has 0 saturated heterocycles. The van der Waals surface area contributed by atoms with E-state index >= 15 is 0 Å². The number of hydrogen-bond donors (Lipinski definition) is 1. The molecule has 0 saturated carbocycles. The van der Waals surface area contributed by atoms with Crippen molar-refractivity contribution in [3.63, 3.8) is 0 Å². The minimum Gasteiger partial charge on any atom is -0.313 e. The van der Waals surface area contributed by atoms with Crippen LogP contribution in [0.4, 0.5) is 8.78 Å². The Labute approximate surface area is 126 Å². The van der Waals surface area contributed by atoms with Crippen molar-refractivity contribution in [2.45, 2.75) is 12.5 Å². The van der Waals surface area contributed by atoms with Crippen LogP contribution in [0.15, 0.2) is 36.4 Å². The van der Waals surface area contributed by atoms with E-state index < -0.39 is 0 Å². The number of nitrogens with one attached hydrogen (secondary N) is 1. The molecule has 0 aromatic heterocycles. The van der Waals surface area contributed by atoms with Gasteiger partial charge in [-0.05, 0) is 55.4 Å². The Balaban J connectivity index is 2.33. The predicted octanol–water partition coefficient (Wildman–Crippen LogP) is 4.77. The van der Waals surface area contributed by atoms with Crippen molar-refractivity contribution in [1.29, 1.82) is 0 Å². The molecule has 0 aliphatic carbocycles. The lowest BCUT2D eigenvalue weighted by Gasteiger charge is -2.18. The van der Waals surface area contributed by atoms with Crippen LogP contribution in [0.3, 0.4) is 0 Å². The molecule has 2 aromatic rings. The van der Waals surface area contributed by atoms with Gasteiger partial charge in [0.15, 0.2) is 0 Å². The molecule has 1 N–H and O–H groups in total. The number of benzene rings is 2. The highest BCUT2D eigenvalue weighted by molar-refractivity contribution is 6.30. The quantitative estimate of drug-likeness (QED) is 0.856. The lowest BCUT2D eigenvalue weighted by molar-refractivity contribution is 0.520. The fourth-order valence-corrected chi connectivity index (χ4v) is 2.44. The van der Waals surface area contributed by atoms with E-state index in [1.165, 1.54) is 24.3 Å². The van der Waals surface area contributed by atoms with Crippen molar-refractivity contribution in [3.8, 4) is 0 Å². The molecule has 0 aliphatic rings. The van der Waals surface area contributed by atoms with Gasteiger partial charge in [-0.15, -0.1) is 0 Å². The zero-order chi connectivity index (χ0) is 14.7. The molecule has 20 heavy (non-hydrogen) atoms. The Morgan fingerprint density at radius 2 is 1.60 bits per heavy atom. The second-order valence-corrected chi connectivity index (χ2v) is 5.32. The largest absolute Gasteiger partial charge is 0.313 e. The van der Waals surface area contributed by atoms with Crippen molar-refractivity contribution < 1.29 is 8.78 Å². The second kappa shape index (κ2) is 6.53. The Hall–Kier alpha value is -1.16. The molecule has 1 atom stereocenters.